The number of nitro groups is 1. The number of para-hydroxylation sites is 1. The summed E-state index contributed by atoms with van der Waals surface area (Å²) in [6.45, 7) is 0.0927. The van der Waals surface area contributed by atoms with Gasteiger partial charge in [-0.15, -0.1) is 0 Å². The molecule has 0 radical (unpaired) electrons. The highest BCUT2D eigenvalue weighted by molar-refractivity contribution is 6.30. The van der Waals surface area contributed by atoms with Gasteiger partial charge in [0, 0.05) is 39.4 Å². The predicted octanol–water partition coefficient (Wildman–Crippen LogP) is 4.18. The number of hydrogen-bond donors (Lipinski definition) is 1. The standard InChI is InChI=1S/C18H14ClN3O3/c19-14-5-7-15(8-6-14)20-18(23)12-21-11-13(9-10-22(24)25)16-3-1-2-4-17(16)21/h1-11H,12H2,(H,20,23). The third-order valence-corrected chi connectivity index (χ3v) is 3.89. The van der Waals surface area contributed by atoms with Crippen LogP contribution in [0.3, 0.4) is 0 Å². The number of halogens is 1. The van der Waals surface area contributed by atoms with E-state index in [0.717, 1.165) is 17.1 Å². The molecule has 1 aromatic heterocycles. The van der Waals surface area contributed by atoms with Crippen LogP contribution in [0.25, 0.3) is 17.0 Å². The molecule has 6 nitrogen and oxygen atoms in total. The predicted molar refractivity (Wildman–Crippen MR) is 98.0 cm³/mol. The Hall–Kier alpha value is -3.12. The number of fused-ring (bicyclic) bond motifs is 1. The van der Waals surface area contributed by atoms with Gasteiger partial charge in [-0.25, -0.2) is 0 Å². The summed E-state index contributed by atoms with van der Waals surface area (Å²) in [6.07, 6.45) is 4.04. The van der Waals surface area contributed by atoms with Gasteiger partial charge in [-0.2, -0.15) is 0 Å². The molecule has 25 heavy (non-hydrogen) atoms. The topological polar surface area (TPSA) is 77.2 Å². The molecule has 1 amide bonds. The molecule has 1 heterocycles. The summed E-state index contributed by atoms with van der Waals surface area (Å²) in [4.78, 5) is 22.3. The molecule has 0 aliphatic carbocycles. The van der Waals surface area contributed by atoms with Gasteiger partial charge >= 0.3 is 0 Å². The molecular weight excluding hydrogens is 342 g/mol. The minimum absolute atomic E-state index is 0.0927. The zero-order valence-corrected chi connectivity index (χ0v) is 13.8. The van der Waals surface area contributed by atoms with E-state index < -0.39 is 4.92 Å². The Morgan fingerprint density at radius 1 is 1.20 bits per heavy atom. The highest BCUT2D eigenvalue weighted by atomic mass is 35.5. The zero-order valence-electron chi connectivity index (χ0n) is 13.1. The average Bonchev–Trinajstić information content (AvgIpc) is 2.93. The van der Waals surface area contributed by atoms with Crippen molar-refractivity contribution < 1.29 is 9.72 Å². The van der Waals surface area contributed by atoms with Crippen LogP contribution in [0, 0.1) is 10.1 Å². The van der Waals surface area contributed by atoms with Gasteiger partial charge in [0.25, 0.3) is 0 Å². The number of carbonyl (C=O) groups is 1. The molecule has 1 N–H and O–H groups in total. The van der Waals surface area contributed by atoms with E-state index in [9.17, 15) is 14.9 Å². The summed E-state index contributed by atoms with van der Waals surface area (Å²) in [5.74, 6) is -0.201. The lowest BCUT2D eigenvalue weighted by atomic mass is 10.2. The lowest BCUT2D eigenvalue weighted by molar-refractivity contribution is -0.400. The first-order valence-electron chi connectivity index (χ1n) is 7.48. The summed E-state index contributed by atoms with van der Waals surface area (Å²) in [5, 5.41) is 14.8. The van der Waals surface area contributed by atoms with Crippen LogP contribution in [0.15, 0.2) is 60.9 Å². The summed E-state index contributed by atoms with van der Waals surface area (Å²) >= 11 is 5.83. The maximum atomic E-state index is 12.3. The lowest BCUT2D eigenvalue weighted by Crippen LogP contribution is -2.18. The number of aromatic nitrogens is 1. The largest absolute Gasteiger partial charge is 0.337 e. The van der Waals surface area contributed by atoms with E-state index >= 15 is 0 Å². The van der Waals surface area contributed by atoms with E-state index in [1.54, 1.807) is 35.0 Å². The minimum Gasteiger partial charge on any atom is -0.337 e. The molecule has 3 rings (SSSR count). The van der Waals surface area contributed by atoms with E-state index in [4.69, 9.17) is 11.6 Å². The second-order valence-electron chi connectivity index (χ2n) is 5.39. The molecule has 126 valence electrons. The van der Waals surface area contributed by atoms with Crippen LogP contribution in [0.1, 0.15) is 5.56 Å². The van der Waals surface area contributed by atoms with Crippen LogP contribution >= 0.6 is 11.6 Å². The Morgan fingerprint density at radius 2 is 1.92 bits per heavy atom. The first kappa shape index (κ1) is 16.7. The van der Waals surface area contributed by atoms with Crippen molar-refractivity contribution in [3.05, 3.63) is 81.6 Å². The number of rotatable bonds is 5. The Morgan fingerprint density at radius 3 is 2.64 bits per heavy atom. The molecule has 0 saturated heterocycles. The smallest absolute Gasteiger partial charge is 0.244 e. The van der Waals surface area contributed by atoms with Gasteiger partial charge < -0.3 is 9.88 Å². The molecule has 2 aromatic carbocycles. The first-order chi connectivity index (χ1) is 12.0. The number of carbonyl (C=O) groups excluding carboxylic acids is 1. The van der Waals surface area contributed by atoms with Crippen LogP contribution in [-0.2, 0) is 11.3 Å². The van der Waals surface area contributed by atoms with Gasteiger partial charge in [-0.1, -0.05) is 29.8 Å². The molecule has 0 spiro atoms. The Kier molecular flexibility index (Phi) is 4.81. The fourth-order valence-electron chi connectivity index (χ4n) is 2.57. The fourth-order valence-corrected chi connectivity index (χ4v) is 2.69. The Balaban J connectivity index is 1.84. The van der Waals surface area contributed by atoms with Crippen molar-refractivity contribution in [3.63, 3.8) is 0 Å². The van der Waals surface area contributed by atoms with Gasteiger partial charge in [-0.3, -0.25) is 14.9 Å². The molecule has 0 bridgehead atoms. The number of nitrogens with one attached hydrogen (secondary N) is 1. The molecule has 0 atom stereocenters. The Labute approximate surface area is 148 Å². The van der Waals surface area contributed by atoms with Crippen molar-refractivity contribution in [3.8, 4) is 0 Å². The van der Waals surface area contributed by atoms with Gasteiger partial charge in [0.2, 0.25) is 12.1 Å². The molecule has 3 aromatic rings. The quantitative estimate of drug-likeness (QED) is 0.551. The average molecular weight is 356 g/mol. The zero-order chi connectivity index (χ0) is 17.8. The first-order valence-corrected chi connectivity index (χ1v) is 7.86. The number of benzene rings is 2. The van der Waals surface area contributed by atoms with E-state index in [1.807, 2.05) is 24.3 Å². The van der Waals surface area contributed by atoms with E-state index in [-0.39, 0.29) is 12.5 Å². The summed E-state index contributed by atoms with van der Waals surface area (Å²) < 4.78 is 1.76. The molecular formula is C18H14ClN3O3. The van der Waals surface area contributed by atoms with Crippen molar-refractivity contribution in [2.45, 2.75) is 6.54 Å². The normalized spacial score (nSPS) is 11.1. The van der Waals surface area contributed by atoms with Crippen molar-refractivity contribution in [2.75, 3.05) is 5.32 Å². The second kappa shape index (κ2) is 7.19. The summed E-state index contributed by atoms with van der Waals surface area (Å²) in [6, 6.07) is 14.3. The van der Waals surface area contributed by atoms with Crippen LogP contribution in [0.5, 0.6) is 0 Å². The van der Waals surface area contributed by atoms with E-state index in [2.05, 4.69) is 5.32 Å². The number of nitrogens with zero attached hydrogens (tertiary/aromatic N) is 2. The summed E-state index contributed by atoms with van der Waals surface area (Å²) in [7, 11) is 0. The molecule has 0 saturated carbocycles. The fraction of sp³-hybridized carbons (Fsp3) is 0.0556. The molecule has 0 unspecified atom stereocenters. The third kappa shape index (κ3) is 4.05. The van der Waals surface area contributed by atoms with E-state index in [0.29, 0.717) is 16.3 Å². The molecule has 7 heteroatoms. The Bertz CT molecular complexity index is 961. The SMILES string of the molecule is O=C(Cn1cc(C=C[N+](=O)[O-])c2ccccc21)Nc1ccc(Cl)cc1. The van der Waals surface area contributed by atoms with Crippen molar-refractivity contribution >= 4 is 40.2 Å². The van der Waals surface area contributed by atoms with Crippen LogP contribution < -0.4 is 5.32 Å². The van der Waals surface area contributed by atoms with Gasteiger partial charge in [0.1, 0.15) is 6.54 Å². The lowest BCUT2D eigenvalue weighted by Gasteiger charge is -2.07. The van der Waals surface area contributed by atoms with Gasteiger partial charge in [-0.05, 0) is 30.3 Å². The minimum atomic E-state index is -0.515. The number of anilines is 1. The van der Waals surface area contributed by atoms with Gasteiger partial charge in [0.05, 0.1) is 4.92 Å². The highest BCUT2D eigenvalue weighted by Gasteiger charge is 2.10. The molecule has 0 aliphatic rings. The molecule has 0 fully saturated rings. The summed E-state index contributed by atoms with van der Waals surface area (Å²) in [5.41, 5.74) is 2.17. The van der Waals surface area contributed by atoms with Crippen LogP contribution in [-0.4, -0.2) is 15.4 Å². The van der Waals surface area contributed by atoms with Crippen molar-refractivity contribution in [2.24, 2.45) is 0 Å². The third-order valence-electron chi connectivity index (χ3n) is 3.64. The van der Waals surface area contributed by atoms with Crippen molar-refractivity contribution in [1.29, 1.82) is 0 Å². The van der Waals surface area contributed by atoms with Gasteiger partial charge in [0.15, 0.2) is 0 Å². The van der Waals surface area contributed by atoms with Crippen LogP contribution in [0.4, 0.5) is 5.69 Å². The monoisotopic (exact) mass is 355 g/mol. The molecule has 0 aliphatic heterocycles. The number of amides is 1. The van der Waals surface area contributed by atoms with E-state index in [1.165, 1.54) is 6.08 Å². The maximum Gasteiger partial charge on any atom is 0.244 e. The van der Waals surface area contributed by atoms with Crippen LogP contribution in [0.2, 0.25) is 5.02 Å². The van der Waals surface area contributed by atoms with Crippen molar-refractivity contribution in [1.82, 2.24) is 4.57 Å². The maximum absolute atomic E-state index is 12.3. The number of hydrogen-bond acceptors (Lipinski definition) is 3. The second-order valence-corrected chi connectivity index (χ2v) is 5.82. The highest BCUT2D eigenvalue weighted by Crippen LogP contribution is 2.23.